The van der Waals surface area contributed by atoms with E-state index < -0.39 is 17.5 Å². The van der Waals surface area contributed by atoms with Crippen LogP contribution in [0.15, 0.2) is 37.0 Å². The molecule has 1 aliphatic rings. The van der Waals surface area contributed by atoms with E-state index in [9.17, 15) is 9.18 Å². The number of pyridine rings is 1. The monoisotopic (exact) mass is 328 g/mol. The van der Waals surface area contributed by atoms with Crippen LogP contribution in [0.4, 0.5) is 15.0 Å². The Morgan fingerprint density at radius 2 is 2.17 bits per heavy atom. The first kappa shape index (κ1) is 16.0. The summed E-state index contributed by atoms with van der Waals surface area (Å²) in [5.41, 5.74) is -0.233. The molecule has 0 aliphatic heterocycles. The zero-order chi connectivity index (χ0) is 17.2. The number of hydrogen-bond donors (Lipinski definition) is 0. The third kappa shape index (κ3) is 2.84. The van der Waals surface area contributed by atoms with E-state index in [0.29, 0.717) is 24.4 Å². The molecule has 1 aliphatic carbocycles. The van der Waals surface area contributed by atoms with Crippen LogP contribution < -0.4 is 4.90 Å². The topological polar surface area (TPSA) is 68.2 Å². The average molecular weight is 328 g/mol. The van der Waals surface area contributed by atoms with Gasteiger partial charge in [-0.25, -0.2) is 9.18 Å². The molecule has 3 rings (SSSR count). The molecule has 0 N–H and O–H groups in total. The molecule has 1 fully saturated rings. The molecule has 0 radical (unpaired) electrons. The van der Waals surface area contributed by atoms with E-state index in [1.165, 1.54) is 30.3 Å². The average Bonchev–Trinajstić information content (AvgIpc) is 2.58. The number of amides is 1. The van der Waals surface area contributed by atoms with E-state index in [2.05, 4.69) is 21.8 Å². The Bertz CT molecular complexity index is 759. The summed E-state index contributed by atoms with van der Waals surface area (Å²) in [7, 11) is 1.53. The standard InChI is InChI=1S/C17H17FN4O2/c1-3-12-7-8-14(21-20-12)22(2)16(23)24-17(9-5-10-17)15-13(18)6-4-11-19-15/h3-4,6-8,11H,1,5,9-10H2,2H3. The minimum Gasteiger partial charge on any atom is -0.436 e. The molecule has 124 valence electrons. The Morgan fingerprint density at radius 1 is 1.38 bits per heavy atom. The Hall–Kier alpha value is -2.83. The molecule has 7 heteroatoms. The van der Waals surface area contributed by atoms with Gasteiger partial charge in [-0.1, -0.05) is 6.58 Å². The third-order valence-corrected chi connectivity index (χ3v) is 4.13. The first-order valence-electron chi connectivity index (χ1n) is 7.59. The van der Waals surface area contributed by atoms with Crippen LogP contribution in [0, 0.1) is 5.82 Å². The highest BCUT2D eigenvalue weighted by molar-refractivity contribution is 5.86. The van der Waals surface area contributed by atoms with Gasteiger partial charge in [0.05, 0.1) is 5.69 Å². The number of carbonyl (C=O) groups is 1. The van der Waals surface area contributed by atoms with Gasteiger partial charge in [0.1, 0.15) is 11.5 Å². The second-order valence-corrected chi connectivity index (χ2v) is 5.63. The molecule has 24 heavy (non-hydrogen) atoms. The molecule has 2 aromatic heterocycles. The van der Waals surface area contributed by atoms with Crippen molar-refractivity contribution in [3.05, 3.63) is 54.2 Å². The lowest BCUT2D eigenvalue weighted by atomic mass is 9.77. The summed E-state index contributed by atoms with van der Waals surface area (Å²) in [5, 5.41) is 7.86. The highest BCUT2D eigenvalue weighted by atomic mass is 19.1. The second kappa shape index (κ2) is 6.35. The molecule has 6 nitrogen and oxygen atoms in total. The van der Waals surface area contributed by atoms with Crippen LogP contribution in [0.1, 0.15) is 30.7 Å². The summed E-state index contributed by atoms with van der Waals surface area (Å²) in [6.45, 7) is 3.60. The van der Waals surface area contributed by atoms with Crippen molar-refractivity contribution in [1.29, 1.82) is 0 Å². The zero-order valence-corrected chi connectivity index (χ0v) is 13.3. The first-order chi connectivity index (χ1) is 11.6. The number of rotatable bonds is 4. The van der Waals surface area contributed by atoms with E-state index >= 15 is 0 Å². The SMILES string of the molecule is C=Cc1ccc(N(C)C(=O)OC2(c3ncccc3F)CCC2)nn1. The zero-order valence-electron chi connectivity index (χ0n) is 13.3. The van der Waals surface area contributed by atoms with E-state index in [4.69, 9.17) is 4.74 Å². The van der Waals surface area contributed by atoms with Crippen LogP contribution in [-0.2, 0) is 10.3 Å². The van der Waals surface area contributed by atoms with Crippen molar-refractivity contribution in [1.82, 2.24) is 15.2 Å². The van der Waals surface area contributed by atoms with E-state index in [1.54, 1.807) is 18.2 Å². The van der Waals surface area contributed by atoms with E-state index in [0.717, 1.165) is 6.42 Å². The summed E-state index contributed by atoms with van der Waals surface area (Å²) in [6, 6.07) is 6.16. The Balaban J connectivity index is 1.79. The van der Waals surface area contributed by atoms with Gasteiger partial charge in [-0.3, -0.25) is 9.88 Å². The lowest BCUT2D eigenvalue weighted by Crippen LogP contribution is -2.44. The lowest BCUT2D eigenvalue weighted by molar-refractivity contribution is -0.0554. The van der Waals surface area contributed by atoms with Crippen LogP contribution in [0.2, 0.25) is 0 Å². The van der Waals surface area contributed by atoms with Gasteiger partial charge in [0.25, 0.3) is 0 Å². The van der Waals surface area contributed by atoms with Gasteiger partial charge in [-0.05, 0) is 49.6 Å². The summed E-state index contributed by atoms with van der Waals surface area (Å²) >= 11 is 0. The summed E-state index contributed by atoms with van der Waals surface area (Å²) in [4.78, 5) is 17.8. The lowest BCUT2D eigenvalue weighted by Gasteiger charge is -2.41. The molecular weight excluding hydrogens is 311 g/mol. The van der Waals surface area contributed by atoms with Crippen molar-refractivity contribution in [2.75, 3.05) is 11.9 Å². The van der Waals surface area contributed by atoms with Gasteiger partial charge in [-0.15, -0.1) is 10.2 Å². The Labute approximate surface area is 139 Å². The minimum absolute atomic E-state index is 0.172. The summed E-state index contributed by atoms with van der Waals surface area (Å²) < 4.78 is 19.7. The quantitative estimate of drug-likeness (QED) is 0.861. The fourth-order valence-corrected chi connectivity index (χ4v) is 2.56. The Kier molecular flexibility index (Phi) is 4.24. The van der Waals surface area contributed by atoms with E-state index in [-0.39, 0.29) is 5.69 Å². The molecule has 0 saturated heterocycles. The van der Waals surface area contributed by atoms with Gasteiger partial charge in [0.15, 0.2) is 11.4 Å². The number of halogens is 1. The van der Waals surface area contributed by atoms with Crippen LogP contribution in [0.25, 0.3) is 6.08 Å². The number of nitrogens with zero attached hydrogens (tertiary/aromatic N) is 4. The number of anilines is 1. The van der Waals surface area contributed by atoms with Crippen LogP contribution in [-0.4, -0.2) is 28.3 Å². The first-order valence-corrected chi connectivity index (χ1v) is 7.59. The molecule has 1 amide bonds. The number of ether oxygens (including phenoxy) is 1. The largest absolute Gasteiger partial charge is 0.436 e. The van der Waals surface area contributed by atoms with Gasteiger partial charge in [0.2, 0.25) is 0 Å². The molecule has 0 atom stereocenters. The number of carbonyl (C=O) groups excluding carboxylic acids is 1. The van der Waals surface area contributed by atoms with Crippen molar-refractivity contribution >= 4 is 18.0 Å². The maximum atomic E-state index is 14.1. The molecule has 1 saturated carbocycles. The van der Waals surface area contributed by atoms with Crippen LogP contribution in [0.5, 0.6) is 0 Å². The van der Waals surface area contributed by atoms with Gasteiger partial charge < -0.3 is 4.74 Å². The normalized spacial score (nSPS) is 15.2. The van der Waals surface area contributed by atoms with Crippen molar-refractivity contribution in [2.24, 2.45) is 0 Å². The van der Waals surface area contributed by atoms with Crippen molar-refractivity contribution in [3.8, 4) is 0 Å². The third-order valence-electron chi connectivity index (χ3n) is 4.13. The molecular formula is C17H17FN4O2. The minimum atomic E-state index is -1.01. The van der Waals surface area contributed by atoms with Crippen LogP contribution >= 0.6 is 0 Å². The van der Waals surface area contributed by atoms with Crippen LogP contribution in [0.3, 0.4) is 0 Å². The van der Waals surface area contributed by atoms with Gasteiger partial charge in [0, 0.05) is 13.2 Å². The van der Waals surface area contributed by atoms with Gasteiger partial charge in [-0.2, -0.15) is 0 Å². The predicted octanol–water partition coefficient (Wildman–Crippen LogP) is 3.31. The fourth-order valence-electron chi connectivity index (χ4n) is 2.56. The van der Waals surface area contributed by atoms with E-state index in [1.807, 2.05) is 0 Å². The fraction of sp³-hybridized carbons (Fsp3) is 0.294. The highest BCUT2D eigenvalue weighted by Gasteiger charge is 2.46. The Morgan fingerprint density at radius 3 is 2.71 bits per heavy atom. The highest BCUT2D eigenvalue weighted by Crippen LogP contribution is 2.45. The molecule has 0 aromatic carbocycles. The summed E-state index contributed by atoms with van der Waals surface area (Å²) in [6.07, 6.45) is 4.36. The predicted molar refractivity (Wildman–Crippen MR) is 86.7 cm³/mol. The second-order valence-electron chi connectivity index (χ2n) is 5.63. The number of aromatic nitrogens is 3. The molecule has 0 unspecified atom stereocenters. The summed E-state index contributed by atoms with van der Waals surface area (Å²) in [5.74, 6) is -0.135. The maximum Gasteiger partial charge on any atom is 0.416 e. The van der Waals surface area contributed by atoms with Crippen molar-refractivity contribution in [2.45, 2.75) is 24.9 Å². The molecule has 0 spiro atoms. The van der Waals surface area contributed by atoms with Crippen molar-refractivity contribution < 1.29 is 13.9 Å². The smallest absolute Gasteiger partial charge is 0.416 e. The molecule has 0 bridgehead atoms. The number of hydrogen-bond acceptors (Lipinski definition) is 5. The molecule has 2 aromatic rings. The molecule has 2 heterocycles. The van der Waals surface area contributed by atoms with Crippen molar-refractivity contribution in [3.63, 3.8) is 0 Å². The maximum absolute atomic E-state index is 14.1. The van der Waals surface area contributed by atoms with Gasteiger partial charge >= 0.3 is 6.09 Å².